The zero-order valence-electron chi connectivity index (χ0n) is 13.7. The lowest BCUT2D eigenvalue weighted by Gasteiger charge is -2.32. The van der Waals surface area contributed by atoms with E-state index in [1.807, 2.05) is 30.3 Å². The average Bonchev–Trinajstić information content (AvgIpc) is 2.55. The highest BCUT2D eigenvalue weighted by molar-refractivity contribution is 5.95. The Morgan fingerprint density at radius 2 is 1.86 bits per heavy atom. The minimum Gasteiger partial charge on any atom is -0.351 e. The van der Waals surface area contributed by atoms with Crippen LogP contribution in [0.2, 0.25) is 0 Å². The summed E-state index contributed by atoms with van der Waals surface area (Å²) < 4.78 is 0. The number of nitrogens with zero attached hydrogens (tertiary/aromatic N) is 2. The van der Waals surface area contributed by atoms with Crippen LogP contribution < -0.4 is 5.32 Å². The lowest BCUT2D eigenvalue weighted by Crippen LogP contribution is -2.46. The molecular weight excluding hydrogens is 274 g/mol. The van der Waals surface area contributed by atoms with Crippen LogP contribution in [0.5, 0.6) is 0 Å². The van der Waals surface area contributed by atoms with Crippen molar-refractivity contribution in [3.8, 4) is 0 Å². The quantitative estimate of drug-likeness (QED) is 0.815. The Morgan fingerprint density at radius 3 is 2.50 bits per heavy atom. The number of hydrogen-bond acceptors (Lipinski definition) is 3. The number of hydrogen-bond donors (Lipinski definition) is 1. The van der Waals surface area contributed by atoms with E-state index in [2.05, 4.69) is 29.1 Å². The SMILES string of the molecule is CCC(=CC(=O)NCCN1CCN(C)CC1)c1ccccc1. The molecule has 1 aliphatic heterocycles. The molecule has 2 rings (SSSR count). The number of nitrogens with one attached hydrogen (secondary N) is 1. The summed E-state index contributed by atoms with van der Waals surface area (Å²) in [6.45, 7) is 8.13. The minimum absolute atomic E-state index is 0.00910. The second-order valence-electron chi connectivity index (χ2n) is 5.83. The molecule has 22 heavy (non-hydrogen) atoms. The predicted molar refractivity (Wildman–Crippen MR) is 91.7 cm³/mol. The molecule has 0 spiro atoms. The first-order valence-corrected chi connectivity index (χ1v) is 8.13. The number of piperazine rings is 1. The van der Waals surface area contributed by atoms with Crippen molar-refractivity contribution >= 4 is 11.5 Å². The summed E-state index contributed by atoms with van der Waals surface area (Å²) in [5.41, 5.74) is 2.21. The highest BCUT2D eigenvalue weighted by atomic mass is 16.1. The van der Waals surface area contributed by atoms with Gasteiger partial charge in [-0.2, -0.15) is 0 Å². The van der Waals surface area contributed by atoms with Gasteiger partial charge in [0.1, 0.15) is 0 Å². The van der Waals surface area contributed by atoms with Gasteiger partial charge in [0.05, 0.1) is 0 Å². The third-order valence-electron chi connectivity index (χ3n) is 4.15. The van der Waals surface area contributed by atoms with Gasteiger partial charge in [-0.15, -0.1) is 0 Å². The minimum atomic E-state index is 0.00910. The summed E-state index contributed by atoms with van der Waals surface area (Å²) in [5, 5.41) is 3.01. The van der Waals surface area contributed by atoms with Gasteiger partial charge in [-0.1, -0.05) is 37.3 Å². The first-order chi connectivity index (χ1) is 10.7. The van der Waals surface area contributed by atoms with E-state index in [9.17, 15) is 4.79 Å². The molecule has 0 saturated carbocycles. The molecule has 0 aromatic heterocycles. The molecule has 120 valence electrons. The first-order valence-electron chi connectivity index (χ1n) is 8.13. The molecule has 1 aromatic rings. The van der Waals surface area contributed by atoms with E-state index in [-0.39, 0.29) is 5.91 Å². The summed E-state index contributed by atoms with van der Waals surface area (Å²) in [6.07, 6.45) is 2.59. The van der Waals surface area contributed by atoms with Gasteiger partial charge in [-0.05, 0) is 24.6 Å². The second-order valence-corrected chi connectivity index (χ2v) is 5.83. The Bertz CT molecular complexity index is 490. The van der Waals surface area contributed by atoms with Gasteiger partial charge in [0.25, 0.3) is 0 Å². The molecule has 0 atom stereocenters. The summed E-state index contributed by atoms with van der Waals surface area (Å²) in [6, 6.07) is 10.1. The van der Waals surface area contributed by atoms with Crippen molar-refractivity contribution in [2.75, 3.05) is 46.3 Å². The van der Waals surface area contributed by atoms with Gasteiger partial charge in [-0.3, -0.25) is 9.69 Å². The predicted octanol–water partition coefficient (Wildman–Crippen LogP) is 1.84. The molecule has 1 N–H and O–H groups in total. The number of amides is 1. The van der Waals surface area contributed by atoms with Gasteiger partial charge >= 0.3 is 0 Å². The third kappa shape index (κ3) is 5.28. The Labute approximate surface area is 133 Å². The highest BCUT2D eigenvalue weighted by Crippen LogP contribution is 2.16. The number of carbonyl (C=O) groups excluding carboxylic acids is 1. The van der Waals surface area contributed by atoms with Crippen LogP contribution in [0, 0.1) is 0 Å². The molecule has 1 saturated heterocycles. The smallest absolute Gasteiger partial charge is 0.244 e. The molecule has 0 bridgehead atoms. The molecule has 0 unspecified atom stereocenters. The molecule has 1 aliphatic rings. The van der Waals surface area contributed by atoms with E-state index in [4.69, 9.17) is 0 Å². The molecule has 1 heterocycles. The topological polar surface area (TPSA) is 35.6 Å². The first kappa shape index (κ1) is 16.7. The lowest BCUT2D eigenvalue weighted by molar-refractivity contribution is -0.116. The van der Waals surface area contributed by atoms with Crippen LogP contribution in [-0.4, -0.2) is 62.0 Å². The van der Waals surface area contributed by atoms with Crippen molar-refractivity contribution in [1.29, 1.82) is 0 Å². The zero-order chi connectivity index (χ0) is 15.8. The van der Waals surface area contributed by atoms with Crippen molar-refractivity contribution in [2.45, 2.75) is 13.3 Å². The van der Waals surface area contributed by atoms with Crippen molar-refractivity contribution in [1.82, 2.24) is 15.1 Å². The van der Waals surface area contributed by atoms with Crippen molar-refractivity contribution in [3.05, 3.63) is 42.0 Å². The van der Waals surface area contributed by atoms with Crippen LogP contribution in [0.25, 0.3) is 5.57 Å². The summed E-state index contributed by atoms with van der Waals surface area (Å²) >= 11 is 0. The maximum Gasteiger partial charge on any atom is 0.244 e. The Balaban J connectivity index is 1.78. The number of rotatable bonds is 6. The van der Waals surface area contributed by atoms with Gasteiger partial charge in [0, 0.05) is 45.3 Å². The standard InChI is InChI=1S/C18H27N3O/c1-3-16(17-7-5-4-6-8-17)15-18(22)19-9-10-21-13-11-20(2)12-14-21/h4-8,15H,3,9-14H2,1-2H3,(H,19,22). The molecule has 4 heteroatoms. The third-order valence-corrected chi connectivity index (χ3v) is 4.15. The number of carbonyl (C=O) groups is 1. The lowest BCUT2D eigenvalue weighted by atomic mass is 10.0. The molecular formula is C18H27N3O. The number of likely N-dealkylation sites (N-methyl/N-ethyl adjacent to an activating group) is 1. The van der Waals surface area contributed by atoms with Gasteiger partial charge in [0.15, 0.2) is 0 Å². The maximum absolute atomic E-state index is 12.1. The van der Waals surface area contributed by atoms with Crippen LogP contribution >= 0.6 is 0 Å². The van der Waals surface area contributed by atoms with Gasteiger partial charge < -0.3 is 10.2 Å². The maximum atomic E-state index is 12.1. The number of allylic oxidation sites excluding steroid dienone is 1. The summed E-state index contributed by atoms with van der Waals surface area (Å²) in [7, 11) is 2.15. The van der Waals surface area contributed by atoms with Crippen molar-refractivity contribution in [3.63, 3.8) is 0 Å². The summed E-state index contributed by atoms with van der Waals surface area (Å²) in [5.74, 6) is 0.00910. The van der Waals surface area contributed by atoms with E-state index in [0.29, 0.717) is 6.54 Å². The second kappa shape index (κ2) is 8.71. The molecule has 1 fully saturated rings. The molecule has 0 radical (unpaired) electrons. The van der Waals surface area contributed by atoms with E-state index < -0.39 is 0 Å². The fourth-order valence-corrected chi connectivity index (χ4v) is 2.66. The fraction of sp³-hybridized carbons (Fsp3) is 0.500. The van der Waals surface area contributed by atoms with E-state index in [1.54, 1.807) is 6.08 Å². The molecule has 4 nitrogen and oxygen atoms in total. The van der Waals surface area contributed by atoms with Gasteiger partial charge in [-0.25, -0.2) is 0 Å². The number of benzene rings is 1. The van der Waals surface area contributed by atoms with Crippen molar-refractivity contribution < 1.29 is 4.79 Å². The average molecular weight is 301 g/mol. The Kier molecular flexibility index (Phi) is 6.62. The van der Waals surface area contributed by atoms with Crippen LogP contribution in [0.3, 0.4) is 0 Å². The zero-order valence-corrected chi connectivity index (χ0v) is 13.7. The Morgan fingerprint density at radius 1 is 1.18 bits per heavy atom. The van der Waals surface area contributed by atoms with Crippen LogP contribution in [0.4, 0.5) is 0 Å². The van der Waals surface area contributed by atoms with Crippen molar-refractivity contribution in [2.24, 2.45) is 0 Å². The molecule has 1 aromatic carbocycles. The molecule has 1 amide bonds. The van der Waals surface area contributed by atoms with E-state index in [0.717, 1.165) is 50.3 Å². The monoisotopic (exact) mass is 301 g/mol. The van der Waals surface area contributed by atoms with Crippen LogP contribution in [-0.2, 0) is 4.79 Å². The van der Waals surface area contributed by atoms with E-state index >= 15 is 0 Å². The molecule has 0 aliphatic carbocycles. The highest BCUT2D eigenvalue weighted by Gasteiger charge is 2.13. The van der Waals surface area contributed by atoms with Crippen LogP contribution in [0.1, 0.15) is 18.9 Å². The Hall–Kier alpha value is -1.65. The largest absolute Gasteiger partial charge is 0.351 e. The van der Waals surface area contributed by atoms with Gasteiger partial charge in [0.2, 0.25) is 5.91 Å². The van der Waals surface area contributed by atoms with E-state index in [1.165, 1.54) is 0 Å². The normalized spacial score (nSPS) is 17.5. The fourth-order valence-electron chi connectivity index (χ4n) is 2.66. The summed E-state index contributed by atoms with van der Waals surface area (Å²) in [4.78, 5) is 16.8. The van der Waals surface area contributed by atoms with Crippen LogP contribution in [0.15, 0.2) is 36.4 Å².